The van der Waals surface area contributed by atoms with Gasteiger partial charge in [0.05, 0.1) is 43.7 Å². The van der Waals surface area contributed by atoms with Crippen molar-refractivity contribution in [2.24, 2.45) is 0 Å². The Balaban J connectivity index is 1.07. The molecule has 0 bridgehead atoms. The smallest absolute Gasteiger partial charge is 0.187 e. The number of rotatable bonds is 23. The number of hydrogen-bond donors (Lipinski definition) is 14. The Morgan fingerprint density at radius 1 is 0.473 bits per heavy atom. The fraction of sp³-hybridized carbons (Fsp3) is 0.840. The number of hydrogen-bond acceptors (Lipinski definition) is 24. The van der Waals surface area contributed by atoms with Crippen LogP contribution in [0.5, 0.6) is 0 Å². The van der Waals surface area contributed by atoms with E-state index in [1.807, 2.05) is 26.8 Å². The third-order valence-electron chi connectivity index (χ3n) is 14.4. The molecule has 0 aromatic rings. The molecule has 26 atom stereocenters. The lowest BCUT2D eigenvalue weighted by molar-refractivity contribution is -0.363. The topological polar surface area (TPSA) is 376 Å². The quantitative estimate of drug-likeness (QED) is 0.0463. The second kappa shape index (κ2) is 28.2. The number of aliphatic hydroxyl groups excluding tert-OH is 14. The van der Waals surface area contributed by atoms with Gasteiger partial charge in [-0.1, -0.05) is 41.0 Å². The largest absolute Gasteiger partial charge is 0.394 e. The minimum Gasteiger partial charge on any atom is -0.394 e. The average molecular weight is 1070 g/mol. The van der Waals surface area contributed by atoms with Crippen molar-refractivity contribution >= 4 is 0 Å². The highest BCUT2D eigenvalue weighted by molar-refractivity contribution is 5.08. The predicted octanol–water partition coefficient (Wildman–Crippen LogP) is -2.70. The van der Waals surface area contributed by atoms with E-state index in [-0.39, 0.29) is 6.61 Å². The summed E-state index contributed by atoms with van der Waals surface area (Å²) in [6.07, 6.45) is -24.7. The zero-order valence-corrected chi connectivity index (χ0v) is 43.2. The van der Waals surface area contributed by atoms with E-state index >= 15 is 0 Å². The molecular weight excluding hydrogens is 985 g/mol. The van der Waals surface area contributed by atoms with Gasteiger partial charge in [0, 0.05) is 0 Å². The SMILES string of the molecule is C=C[C@](C)(CC/C=C(\C)CC/C=C(\C)CC/C=C(/C)CO[C@@H]1O[C@H](CO[C@@H]2O[C@H](C)[C@@H](O)[C@H](O)[C@@H]2O)[C@@H](O[C@@H]2O[C@H](C)[C@@H](O)[C@H](O)[C@@H]2O)[C@H](O)[C@H]1O)O[C@@H]1O[C@H](CO)[C@@H](O[C@@H]2O[C@H](C)[C@@H](O)[C@H](O)[C@@H]2O)[C@H](O)[C@H]1O. The van der Waals surface area contributed by atoms with Gasteiger partial charge in [0.2, 0.25) is 0 Å². The summed E-state index contributed by atoms with van der Waals surface area (Å²) in [5, 5.41) is 147. The van der Waals surface area contributed by atoms with Crippen LogP contribution in [0.2, 0.25) is 0 Å². The van der Waals surface area contributed by atoms with Gasteiger partial charge in [-0.05, 0) is 87.0 Å². The monoisotopic (exact) mass is 1070 g/mol. The maximum Gasteiger partial charge on any atom is 0.187 e. The molecule has 5 saturated heterocycles. The Labute approximate surface area is 431 Å². The molecule has 0 aromatic carbocycles. The zero-order valence-electron chi connectivity index (χ0n) is 43.2. The molecule has 5 heterocycles. The van der Waals surface area contributed by atoms with Crippen LogP contribution < -0.4 is 0 Å². The third-order valence-corrected chi connectivity index (χ3v) is 14.4. The maximum atomic E-state index is 11.3. The summed E-state index contributed by atoms with van der Waals surface area (Å²) < 4.78 is 57.7. The second-order valence-electron chi connectivity index (χ2n) is 20.5. The Hall–Kier alpha value is -2.00. The molecule has 0 aliphatic carbocycles. The Bertz CT molecular complexity index is 1820. The van der Waals surface area contributed by atoms with Crippen LogP contribution in [0.25, 0.3) is 0 Å². The molecule has 0 spiro atoms. The molecule has 428 valence electrons. The molecule has 0 saturated carbocycles. The number of ether oxygens (including phenoxy) is 10. The van der Waals surface area contributed by atoms with E-state index in [1.54, 1.807) is 13.0 Å². The van der Waals surface area contributed by atoms with Crippen LogP contribution in [0.1, 0.15) is 87.0 Å². The van der Waals surface area contributed by atoms with Crippen LogP contribution in [-0.4, -0.2) is 250 Å². The highest BCUT2D eigenvalue weighted by atomic mass is 16.8. The highest BCUT2D eigenvalue weighted by Gasteiger charge is 2.53. The van der Waals surface area contributed by atoms with E-state index in [0.717, 1.165) is 36.0 Å². The Kier molecular flexibility index (Phi) is 24.0. The zero-order chi connectivity index (χ0) is 54.9. The molecule has 5 aliphatic heterocycles. The van der Waals surface area contributed by atoms with Crippen LogP contribution >= 0.6 is 0 Å². The van der Waals surface area contributed by atoms with E-state index in [1.165, 1.54) is 20.8 Å². The lowest BCUT2D eigenvalue weighted by Crippen LogP contribution is -2.64. The van der Waals surface area contributed by atoms with Crippen LogP contribution in [0.15, 0.2) is 47.6 Å². The Morgan fingerprint density at radius 3 is 1.35 bits per heavy atom. The van der Waals surface area contributed by atoms with Crippen LogP contribution in [0, 0.1) is 0 Å². The number of aliphatic hydroxyl groups is 14. The molecule has 0 radical (unpaired) electrons. The first-order chi connectivity index (χ1) is 34.8. The normalized spacial score (nSPS) is 44.8. The first kappa shape index (κ1) is 62.8. The maximum absolute atomic E-state index is 11.3. The van der Waals surface area contributed by atoms with Crippen molar-refractivity contribution in [2.75, 3.05) is 19.8 Å². The molecular formula is C50H84O24. The standard InChI is InChI=1S/C50H84O24/c1-9-50(8,74-49-42(64)37(59)43(28(19-51)70-49)72-47-39(61)34(56)31(53)26(6)68-47)18-12-17-23(3)14-10-13-22(2)15-11-16-24(4)20-65-46-41(63)36(58)44(73-48-40(62)35(57)32(54)27(7)69-48)29(71-46)21-66-45-38(60)33(55)30(52)25(5)67-45/h9,13,16-17,25-49,51-64H,1,10-12,14-15,18-21H2,2-8H3/b22-13+,23-17+,24-16-/t25-,26-,27-,28-,29-,30-,31-,32-,33+,34+,35+,36-,37-,38+,39+,40+,41-,42-,43-,44-,45-,46-,47+,48+,49+,50-/m1/s1. The van der Waals surface area contributed by atoms with Crippen LogP contribution in [0.3, 0.4) is 0 Å². The van der Waals surface area contributed by atoms with Crippen molar-refractivity contribution in [2.45, 2.75) is 246 Å². The first-order valence-electron chi connectivity index (χ1n) is 25.4. The molecule has 5 rings (SSSR count). The van der Waals surface area contributed by atoms with E-state index in [0.29, 0.717) is 19.3 Å². The van der Waals surface area contributed by atoms with Gasteiger partial charge in [0.1, 0.15) is 104 Å². The first-order valence-corrected chi connectivity index (χ1v) is 25.4. The van der Waals surface area contributed by atoms with Gasteiger partial charge in [-0.3, -0.25) is 0 Å². The van der Waals surface area contributed by atoms with Crippen molar-refractivity contribution < 1.29 is 119 Å². The summed E-state index contributed by atoms with van der Waals surface area (Å²) in [5.74, 6) is 0. The van der Waals surface area contributed by atoms with Crippen LogP contribution in [0.4, 0.5) is 0 Å². The Morgan fingerprint density at radius 2 is 0.865 bits per heavy atom. The van der Waals surface area contributed by atoms with Crippen molar-refractivity contribution in [3.05, 3.63) is 47.6 Å². The molecule has 0 aromatic heterocycles. The molecule has 5 aliphatic rings. The summed E-state index contributed by atoms with van der Waals surface area (Å²) >= 11 is 0. The minimum atomic E-state index is -1.75. The number of allylic oxidation sites excluding steroid dienone is 5. The molecule has 0 unspecified atom stereocenters. The van der Waals surface area contributed by atoms with E-state index in [9.17, 15) is 71.5 Å². The summed E-state index contributed by atoms with van der Waals surface area (Å²) in [4.78, 5) is 0. The predicted molar refractivity (Wildman–Crippen MR) is 256 cm³/mol. The van der Waals surface area contributed by atoms with Crippen molar-refractivity contribution in [1.82, 2.24) is 0 Å². The molecule has 0 amide bonds. The van der Waals surface area contributed by atoms with Gasteiger partial charge in [0.25, 0.3) is 0 Å². The van der Waals surface area contributed by atoms with E-state index < -0.39 is 172 Å². The van der Waals surface area contributed by atoms with Crippen molar-refractivity contribution in [3.63, 3.8) is 0 Å². The molecule has 24 heteroatoms. The summed E-state index contributed by atoms with van der Waals surface area (Å²) in [5.41, 5.74) is 2.05. The summed E-state index contributed by atoms with van der Waals surface area (Å²) in [6.45, 7) is 14.7. The molecule has 74 heavy (non-hydrogen) atoms. The van der Waals surface area contributed by atoms with Gasteiger partial charge < -0.3 is 119 Å². The molecule has 14 N–H and O–H groups in total. The third kappa shape index (κ3) is 15.9. The minimum absolute atomic E-state index is 0.00986. The van der Waals surface area contributed by atoms with E-state index in [2.05, 4.69) is 18.7 Å². The van der Waals surface area contributed by atoms with Gasteiger partial charge in [-0.25, -0.2) is 0 Å². The van der Waals surface area contributed by atoms with Crippen LogP contribution in [-0.2, 0) is 47.4 Å². The van der Waals surface area contributed by atoms with E-state index in [4.69, 9.17) is 47.4 Å². The second-order valence-corrected chi connectivity index (χ2v) is 20.5. The van der Waals surface area contributed by atoms with Gasteiger partial charge in [-0.2, -0.15) is 0 Å². The van der Waals surface area contributed by atoms with Gasteiger partial charge in [-0.15, -0.1) is 6.58 Å². The van der Waals surface area contributed by atoms with Gasteiger partial charge >= 0.3 is 0 Å². The fourth-order valence-electron chi connectivity index (χ4n) is 9.21. The van der Waals surface area contributed by atoms with Crippen molar-refractivity contribution in [3.8, 4) is 0 Å². The molecule has 5 fully saturated rings. The fourth-order valence-corrected chi connectivity index (χ4v) is 9.21. The average Bonchev–Trinajstić information content (AvgIpc) is 3.36. The summed E-state index contributed by atoms with van der Waals surface area (Å²) in [6, 6.07) is 0. The lowest BCUT2D eigenvalue weighted by atomic mass is 9.95. The lowest BCUT2D eigenvalue weighted by Gasteiger charge is -2.47. The summed E-state index contributed by atoms with van der Waals surface area (Å²) in [7, 11) is 0. The molecule has 24 nitrogen and oxygen atoms in total. The van der Waals surface area contributed by atoms with Crippen molar-refractivity contribution in [1.29, 1.82) is 0 Å². The highest BCUT2D eigenvalue weighted by Crippen LogP contribution is 2.34. The van der Waals surface area contributed by atoms with Gasteiger partial charge in [0.15, 0.2) is 31.5 Å².